The predicted molar refractivity (Wildman–Crippen MR) is 57.7 cm³/mol. The summed E-state index contributed by atoms with van der Waals surface area (Å²) < 4.78 is 13.1. The summed E-state index contributed by atoms with van der Waals surface area (Å²) in [4.78, 5) is 13.5. The highest BCUT2D eigenvalue weighted by Crippen LogP contribution is 2.36. The number of nitrogens with zero attached hydrogens (tertiary/aromatic N) is 1. The van der Waals surface area contributed by atoms with Crippen molar-refractivity contribution in [3.63, 3.8) is 0 Å². The zero-order valence-corrected chi connectivity index (χ0v) is 8.96. The number of anilines is 1. The van der Waals surface area contributed by atoms with Crippen LogP contribution in [0.15, 0.2) is 18.2 Å². The third-order valence-electron chi connectivity index (χ3n) is 2.98. The second-order valence-corrected chi connectivity index (χ2v) is 3.91. The highest BCUT2D eigenvalue weighted by Gasteiger charge is 2.30. The summed E-state index contributed by atoms with van der Waals surface area (Å²) in [6.45, 7) is 5.14. The molecule has 0 amide bonds. The fourth-order valence-corrected chi connectivity index (χ4v) is 2.16. The standard InChI is InChI=1S/C12H14FNO/c1-3-14-7-11(8(2)15)10-6-9(13)4-5-12(10)14/h4-6,11H,3,7H2,1-2H3. The average molecular weight is 207 g/mol. The van der Waals surface area contributed by atoms with E-state index in [2.05, 4.69) is 4.90 Å². The molecular formula is C12H14FNO. The number of hydrogen-bond donors (Lipinski definition) is 0. The third kappa shape index (κ3) is 1.62. The maximum Gasteiger partial charge on any atom is 0.139 e. The highest BCUT2D eigenvalue weighted by atomic mass is 19.1. The van der Waals surface area contributed by atoms with Gasteiger partial charge in [-0.25, -0.2) is 4.39 Å². The van der Waals surface area contributed by atoms with Gasteiger partial charge < -0.3 is 4.90 Å². The Labute approximate surface area is 88.7 Å². The first-order valence-electron chi connectivity index (χ1n) is 5.18. The lowest BCUT2D eigenvalue weighted by Crippen LogP contribution is -2.23. The zero-order valence-electron chi connectivity index (χ0n) is 8.96. The van der Waals surface area contributed by atoms with Crippen LogP contribution in [0.3, 0.4) is 0 Å². The number of Topliss-reactive ketones (excluding diaryl/α,β-unsaturated/α-hetero) is 1. The SMILES string of the molecule is CCN1CC(C(C)=O)c2cc(F)ccc21. The van der Waals surface area contributed by atoms with Gasteiger partial charge in [0.2, 0.25) is 0 Å². The van der Waals surface area contributed by atoms with E-state index in [1.807, 2.05) is 6.92 Å². The molecule has 1 atom stereocenters. The van der Waals surface area contributed by atoms with Crippen molar-refractivity contribution in [3.8, 4) is 0 Å². The molecule has 1 heterocycles. The van der Waals surface area contributed by atoms with Crippen LogP contribution in [0.5, 0.6) is 0 Å². The molecule has 2 nitrogen and oxygen atoms in total. The van der Waals surface area contributed by atoms with E-state index < -0.39 is 0 Å². The van der Waals surface area contributed by atoms with Gasteiger partial charge in [0.1, 0.15) is 11.6 Å². The van der Waals surface area contributed by atoms with E-state index in [1.54, 1.807) is 13.0 Å². The van der Waals surface area contributed by atoms with Crippen LogP contribution in [0.4, 0.5) is 10.1 Å². The van der Waals surface area contributed by atoms with E-state index >= 15 is 0 Å². The molecular weight excluding hydrogens is 193 g/mol. The number of carbonyl (C=O) groups is 1. The molecule has 3 heteroatoms. The fraction of sp³-hybridized carbons (Fsp3) is 0.417. The maximum atomic E-state index is 13.1. The lowest BCUT2D eigenvalue weighted by molar-refractivity contribution is -0.118. The average Bonchev–Trinajstić information content (AvgIpc) is 2.55. The summed E-state index contributed by atoms with van der Waals surface area (Å²) in [7, 11) is 0. The second-order valence-electron chi connectivity index (χ2n) is 3.91. The Balaban J connectivity index is 2.47. The predicted octanol–water partition coefficient (Wildman–Crippen LogP) is 2.34. The molecule has 1 aromatic carbocycles. The van der Waals surface area contributed by atoms with Crippen LogP contribution in [-0.2, 0) is 4.79 Å². The lowest BCUT2D eigenvalue weighted by atomic mass is 9.98. The summed E-state index contributed by atoms with van der Waals surface area (Å²) in [6.07, 6.45) is 0. The molecule has 0 saturated heterocycles. The van der Waals surface area contributed by atoms with Crippen molar-refractivity contribution in [1.29, 1.82) is 0 Å². The molecule has 15 heavy (non-hydrogen) atoms. The van der Waals surface area contributed by atoms with Gasteiger partial charge in [-0.1, -0.05) is 0 Å². The maximum absolute atomic E-state index is 13.1. The monoisotopic (exact) mass is 207 g/mol. The number of likely N-dealkylation sites (N-methyl/N-ethyl adjacent to an activating group) is 1. The molecule has 0 N–H and O–H groups in total. The van der Waals surface area contributed by atoms with Gasteiger partial charge >= 0.3 is 0 Å². The summed E-state index contributed by atoms with van der Waals surface area (Å²) in [5.41, 5.74) is 1.84. The molecule has 0 saturated carbocycles. The molecule has 0 fully saturated rings. The quantitative estimate of drug-likeness (QED) is 0.741. The largest absolute Gasteiger partial charge is 0.371 e. The Kier molecular flexibility index (Phi) is 2.47. The van der Waals surface area contributed by atoms with Crippen LogP contribution in [-0.4, -0.2) is 18.9 Å². The van der Waals surface area contributed by atoms with Gasteiger partial charge in [0, 0.05) is 18.8 Å². The summed E-state index contributed by atoms with van der Waals surface area (Å²) >= 11 is 0. The van der Waals surface area contributed by atoms with Gasteiger partial charge in [0.05, 0.1) is 5.92 Å². The third-order valence-corrected chi connectivity index (χ3v) is 2.98. The molecule has 1 aliphatic heterocycles. The highest BCUT2D eigenvalue weighted by molar-refractivity contribution is 5.88. The van der Waals surface area contributed by atoms with Gasteiger partial charge in [-0.15, -0.1) is 0 Å². The Morgan fingerprint density at radius 2 is 2.33 bits per heavy atom. The molecule has 1 unspecified atom stereocenters. The minimum atomic E-state index is -0.266. The second kappa shape index (κ2) is 3.65. The molecule has 80 valence electrons. The molecule has 0 bridgehead atoms. The Morgan fingerprint density at radius 3 is 2.93 bits per heavy atom. The Bertz CT molecular complexity index is 403. The minimum absolute atomic E-state index is 0.109. The van der Waals surface area contributed by atoms with Crippen LogP contribution < -0.4 is 4.90 Å². The summed E-state index contributed by atoms with van der Waals surface area (Å²) in [5.74, 6) is -0.314. The Morgan fingerprint density at radius 1 is 1.60 bits per heavy atom. The normalized spacial score (nSPS) is 19.1. The van der Waals surface area contributed by atoms with E-state index in [4.69, 9.17) is 0 Å². The molecule has 0 aromatic heterocycles. The van der Waals surface area contributed by atoms with Gasteiger partial charge in [-0.3, -0.25) is 4.79 Å². The van der Waals surface area contributed by atoms with Crippen LogP contribution in [0.1, 0.15) is 25.3 Å². The first-order chi connectivity index (χ1) is 7.13. The van der Waals surface area contributed by atoms with Crippen molar-refractivity contribution in [2.75, 3.05) is 18.0 Å². The van der Waals surface area contributed by atoms with Crippen molar-refractivity contribution in [1.82, 2.24) is 0 Å². The van der Waals surface area contributed by atoms with Crippen molar-refractivity contribution >= 4 is 11.5 Å². The number of rotatable bonds is 2. The number of ketones is 1. The fourth-order valence-electron chi connectivity index (χ4n) is 2.16. The lowest BCUT2D eigenvalue weighted by Gasteiger charge is -2.16. The van der Waals surface area contributed by atoms with Crippen molar-refractivity contribution in [2.24, 2.45) is 0 Å². The molecule has 0 spiro atoms. The summed E-state index contributed by atoms with van der Waals surface area (Å²) in [5, 5.41) is 0. The molecule has 1 aromatic rings. The molecule has 0 radical (unpaired) electrons. The van der Waals surface area contributed by atoms with Crippen LogP contribution in [0.2, 0.25) is 0 Å². The van der Waals surface area contributed by atoms with Gasteiger partial charge in [0.25, 0.3) is 0 Å². The van der Waals surface area contributed by atoms with Crippen molar-refractivity contribution in [2.45, 2.75) is 19.8 Å². The first kappa shape index (κ1) is 10.1. The number of carbonyl (C=O) groups excluding carboxylic acids is 1. The van der Waals surface area contributed by atoms with Gasteiger partial charge in [0.15, 0.2) is 0 Å². The smallest absolute Gasteiger partial charge is 0.139 e. The number of hydrogen-bond acceptors (Lipinski definition) is 2. The van der Waals surface area contributed by atoms with Crippen molar-refractivity contribution in [3.05, 3.63) is 29.6 Å². The molecule has 2 rings (SSSR count). The van der Waals surface area contributed by atoms with E-state index in [-0.39, 0.29) is 17.5 Å². The van der Waals surface area contributed by atoms with Gasteiger partial charge in [-0.2, -0.15) is 0 Å². The topological polar surface area (TPSA) is 20.3 Å². The first-order valence-corrected chi connectivity index (χ1v) is 5.18. The minimum Gasteiger partial charge on any atom is -0.371 e. The summed E-state index contributed by atoms with van der Waals surface area (Å²) in [6, 6.07) is 4.69. The number of benzene rings is 1. The molecule has 0 aliphatic carbocycles. The van der Waals surface area contributed by atoms with E-state index in [0.717, 1.165) is 17.8 Å². The Hall–Kier alpha value is -1.38. The van der Waals surface area contributed by atoms with E-state index in [9.17, 15) is 9.18 Å². The van der Waals surface area contributed by atoms with Crippen LogP contribution in [0.25, 0.3) is 0 Å². The number of halogens is 1. The molecule has 1 aliphatic rings. The van der Waals surface area contributed by atoms with Crippen molar-refractivity contribution < 1.29 is 9.18 Å². The van der Waals surface area contributed by atoms with E-state index in [1.165, 1.54) is 12.1 Å². The zero-order chi connectivity index (χ0) is 11.0. The van der Waals surface area contributed by atoms with E-state index in [0.29, 0.717) is 6.54 Å². The van der Waals surface area contributed by atoms with Crippen LogP contribution in [0, 0.1) is 5.82 Å². The van der Waals surface area contributed by atoms with Crippen LogP contribution >= 0.6 is 0 Å². The number of fused-ring (bicyclic) bond motifs is 1. The van der Waals surface area contributed by atoms with Gasteiger partial charge in [-0.05, 0) is 37.6 Å².